The van der Waals surface area contributed by atoms with Gasteiger partial charge in [-0.1, -0.05) is 74.0 Å². The van der Waals surface area contributed by atoms with Crippen molar-refractivity contribution in [2.24, 2.45) is 5.73 Å². The number of rotatable bonds is 5. The van der Waals surface area contributed by atoms with E-state index in [2.05, 4.69) is 61.3 Å². The van der Waals surface area contributed by atoms with Crippen LogP contribution in [0.5, 0.6) is 0 Å². The molecule has 0 radical (unpaired) electrons. The van der Waals surface area contributed by atoms with Gasteiger partial charge in [-0.15, -0.1) is 11.3 Å². The molecule has 0 bridgehead atoms. The number of anilines is 1. The van der Waals surface area contributed by atoms with Crippen molar-refractivity contribution in [3.8, 4) is 0 Å². The summed E-state index contributed by atoms with van der Waals surface area (Å²) in [5.41, 5.74) is 13.1. The summed E-state index contributed by atoms with van der Waals surface area (Å²) >= 11 is 1.66. The van der Waals surface area contributed by atoms with Crippen LogP contribution in [-0.4, -0.2) is 11.6 Å². The predicted molar refractivity (Wildman–Crippen MR) is 160 cm³/mol. The first-order chi connectivity index (χ1) is 18.9. The Hall–Kier alpha value is -4.22. The molecule has 3 aromatic rings. The van der Waals surface area contributed by atoms with E-state index in [1.54, 1.807) is 47.9 Å². The van der Waals surface area contributed by atoms with Crippen molar-refractivity contribution in [1.82, 2.24) is 0 Å². The molecule has 0 fully saturated rings. The number of benzene rings is 2. The zero-order valence-electron chi connectivity index (χ0n) is 22.1. The van der Waals surface area contributed by atoms with E-state index in [0.717, 1.165) is 35.5 Å². The fourth-order valence-corrected chi connectivity index (χ4v) is 7.01. The van der Waals surface area contributed by atoms with Crippen molar-refractivity contribution in [2.75, 3.05) is 4.90 Å². The largest absolute Gasteiger partial charge is 0.403 e. The molecule has 6 rings (SSSR count). The molecule has 1 heterocycles. The number of nitrogens with zero attached hydrogens (tertiary/aromatic N) is 1. The van der Waals surface area contributed by atoms with E-state index >= 15 is 0 Å². The van der Waals surface area contributed by atoms with Crippen LogP contribution >= 0.6 is 11.3 Å². The number of hydrogen-bond donors (Lipinski definition) is 1. The fourth-order valence-electron chi connectivity index (χ4n) is 5.72. The number of thiophene rings is 1. The third kappa shape index (κ3) is 4.33. The first-order valence-electron chi connectivity index (χ1n) is 13.3. The van der Waals surface area contributed by atoms with E-state index in [0.29, 0.717) is 11.1 Å². The highest BCUT2D eigenvalue weighted by Crippen LogP contribution is 2.48. The van der Waals surface area contributed by atoms with Gasteiger partial charge < -0.3 is 10.6 Å². The van der Waals surface area contributed by atoms with Gasteiger partial charge in [-0.25, -0.2) is 0 Å². The maximum atomic E-state index is 12.9. The first-order valence-corrected chi connectivity index (χ1v) is 14.1. The van der Waals surface area contributed by atoms with Crippen molar-refractivity contribution in [2.45, 2.75) is 38.5 Å². The van der Waals surface area contributed by atoms with Gasteiger partial charge in [-0.2, -0.15) is 0 Å². The zero-order valence-corrected chi connectivity index (χ0v) is 22.9. The van der Waals surface area contributed by atoms with Crippen molar-refractivity contribution >= 4 is 34.7 Å². The number of fused-ring (bicyclic) bond motifs is 2. The minimum absolute atomic E-state index is 0.186. The molecule has 3 aliphatic rings. The summed E-state index contributed by atoms with van der Waals surface area (Å²) in [5, 5.41) is 0. The van der Waals surface area contributed by atoms with Crippen LogP contribution in [-0.2, 0) is 11.8 Å². The number of allylic oxidation sites excluding steroid dienone is 7. The highest BCUT2D eigenvalue weighted by molar-refractivity contribution is 7.13. The van der Waals surface area contributed by atoms with Crippen LogP contribution in [0.15, 0.2) is 114 Å². The lowest BCUT2D eigenvalue weighted by Gasteiger charge is -2.31. The molecular weight excluding hydrogens is 500 g/mol. The molecule has 0 amide bonds. The summed E-state index contributed by atoms with van der Waals surface area (Å²) in [6.45, 7) is 4.47. The van der Waals surface area contributed by atoms with Crippen LogP contribution in [0.4, 0.5) is 5.69 Å². The predicted octanol–water partition coefficient (Wildman–Crippen LogP) is 7.51. The lowest BCUT2D eigenvalue weighted by molar-refractivity contribution is 0.0990. The minimum Gasteiger partial charge on any atom is -0.403 e. The average Bonchev–Trinajstić information content (AvgIpc) is 3.55. The van der Waals surface area contributed by atoms with Gasteiger partial charge in [0, 0.05) is 50.3 Å². The van der Waals surface area contributed by atoms with Gasteiger partial charge in [-0.3, -0.25) is 9.59 Å². The standard InChI is InChI=1S/C34H30N2O2S/c1-34(2)22(17-25(21-35)36(23-11-5-3-6-12-23)24-13-7-4-8-14-24)18-31-30(34)20-26(39-31)19-29-32(37)27-15-9-10-16-28(27)33(29)38/h3-7,9-13,15-17,19-21H,8,14,18,35H2,1-2H3/b22-17+,25-21+. The van der Waals surface area contributed by atoms with Gasteiger partial charge in [-0.05, 0) is 54.8 Å². The van der Waals surface area contributed by atoms with E-state index in [9.17, 15) is 9.59 Å². The summed E-state index contributed by atoms with van der Waals surface area (Å²) in [7, 11) is 0. The zero-order chi connectivity index (χ0) is 27.1. The van der Waals surface area contributed by atoms with Crippen molar-refractivity contribution < 1.29 is 9.59 Å². The Morgan fingerprint density at radius 2 is 1.69 bits per heavy atom. The normalized spacial score (nSPS) is 18.8. The van der Waals surface area contributed by atoms with E-state index < -0.39 is 0 Å². The Balaban J connectivity index is 1.32. The summed E-state index contributed by atoms with van der Waals surface area (Å²) in [4.78, 5) is 30.3. The molecule has 5 heteroatoms. The van der Waals surface area contributed by atoms with Crippen molar-refractivity contribution in [3.05, 3.63) is 140 Å². The van der Waals surface area contributed by atoms with Gasteiger partial charge in [0.15, 0.2) is 11.6 Å². The number of hydrogen-bond acceptors (Lipinski definition) is 5. The third-order valence-corrected chi connectivity index (χ3v) is 8.97. The smallest absolute Gasteiger partial charge is 0.197 e. The Morgan fingerprint density at radius 3 is 2.31 bits per heavy atom. The molecule has 0 aliphatic heterocycles. The molecule has 2 N–H and O–H groups in total. The molecule has 39 heavy (non-hydrogen) atoms. The maximum Gasteiger partial charge on any atom is 0.197 e. The van der Waals surface area contributed by atoms with Crippen LogP contribution < -0.4 is 10.6 Å². The van der Waals surface area contributed by atoms with Gasteiger partial charge in [0.05, 0.1) is 11.3 Å². The summed E-state index contributed by atoms with van der Waals surface area (Å²) in [6, 6.07) is 19.6. The van der Waals surface area contributed by atoms with Gasteiger partial charge >= 0.3 is 0 Å². The van der Waals surface area contributed by atoms with Gasteiger partial charge in [0.25, 0.3) is 0 Å². The van der Waals surface area contributed by atoms with Gasteiger partial charge in [0.1, 0.15) is 0 Å². The maximum absolute atomic E-state index is 12.9. The number of ketones is 2. The number of carbonyl (C=O) groups is 2. The second-order valence-electron chi connectivity index (χ2n) is 10.6. The Labute approximate surface area is 233 Å². The molecule has 2 aromatic carbocycles. The molecule has 0 unspecified atom stereocenters. The lowest BCUT2D eigenvalue weighted by Crippen LogP contribution is -2.24. The van der Waals surface area contributed by atoms with Crippen LogP contribution in [0, 0.1) is 0 Å². The van der Waals surface area contributed by atoms with E-state index in [-0.39, 0.29) is 22.6 Å². The highest BCUT2D eigenvalue weighted by Gasteiger charge is 2.38. The van der Waals surface area contributed by atoms with Crippen LogP contribution in [0.2, 0.25) is 0 Å². The molecule has 0 atom stereocenters. The van der Waals surface area contributed by atoms with Crippen molar-refractivity contribution in [3.63, 3.8) is 0 Å². The number of para-hydroxylation sites is 1. The van der Waals surface area contributed by atoms with E-state index in [1.807, 2.05) is 18.2 Å². The molecule has 4 nitrogen and oxygen atoms in total. The number of carbonyl (C=O) groups excluding carboxylic acids is 2. The summed E-state index contributed by atoms with van der Waals surface area (Å²) in [5.74, 6) is -0.371. The van der Waals surface area contributed by atoms with Gasteiger partial charge in [0.2, 0.25) is 0 Å². The van der Waals surface area contributed by atoms with E-state index in [4.69, 9.17) is 5.73 Å². The summed E-state index contributed by atoms with van der Waals surface area (Å²) in [6.07, 6.45) is 14.9. The quantitative estimate of drug-likeness (QED) is 0.274. The molecule has 3 aliphatic carbocycles. The van der Waals surface area contributed by atoms with Crippen LogP contribution in [0.25, 0.3) is 6.08 Å². The summed E-state index contributed by atoms with van der Waals surface area (Å²) < 4.78 is 0. The highest BCUT2D eigenvalue weighted by atomic mass is 32.1. The minimum atomic E-state index is -0.216. The van der Waals surface area contributed by atoms with E-state index in [1.165, 1.54) is 21.7 Å². The Kier molecular flexibility index (Phi) is 6.32. The fraction of sp³-hybridized carbons (Fsp3) is 0.176. The molecular formula is C34H30N2O2S. The molecule has 0 saturated heterocycles. The first kappa shape index (κ1) is 25.1. The average molecular weight is 531 g/mol. The topological polar surface area (TPSA) is 63.4 Å². The monoisotopic (exact) mass is 530 g/mol. The lowest BCUT2D eigenvalue weighted by atomic mass is 9.82. The third-order valence-electron chi connectivity index (χ3n) is 7.89. The molecule has 1 aromatic heterocycles. The molecule has 194 valence electrons. The SMILES string of the molecule is CC1(C)/C(=C/C(=C\N)N(C2=CC=CCC2)c2ccccc2)Cc2sc(C=C3C(=O)c4ccccc4C3=O)cc21. The second-order valence-corrected chi connectivity index (χ2v) is 11.8. The molecule has 0 spiro atoms. The van der Waals surface area contributed by atoms with Crippen LogP contribution in [0.3, 0.4) is 0 Å². The Bertz CT molecular complexity index is 1610. The second kappa shape index (κ2) is 9.83. The molecule has 0 saturated carbocycles. The number of Topliss-reactive ketones (excluding diaryl/α,β-unsaturated/α-hetero) is 2. The van der Waals surface area contributed by atoms with Crippen LogP contribution in [0.1, 0.15) is 62.7 Å². The number of nitrogens with two attached hydrogens (primary N) is 1. The van der Waals surface area contributed by atoms with Crippen molar-refractivity contribution in [1.29, 1.82) is 0 Å². The Morgan fingerprint density at radius 1 is 1.00 bits per heavy atom.